The molecule has 0 aromatic rings. The third-order valence-corrected chi connectivity index (χ3v) is 4.80. The molecule has 4 amide bonds. The van der Waals surface area contributed by atoms with Gasteiger partial charge in [-0.1, -0.05) is 0 Å². The molecule has 0 aromatic carbocycles. The molecule has 168 valence electrons. The highest BCUT2D eigenvalue weighted by molar-refractivity contribution is 6.01. The Morgan fingerprint density at radius 1 is 1.27 bits per heavy atom. The molecule has 0 spiro atoms. The van der Waals surface area contributed by atoms with Crippen molar-refractivity contribution in [3.05, 3.63) is 11.3 Å². The van der Waals surface area contributed by atoms with E-state index in [0.29, 0.717) is 0 Å². The van der Waals surface area contributed by atoms with Gasteiger partial charge in [-0.05, 0) is 48.5 Å². The molecule has 2 aliphatic heterocycles. The third-order valence-electron chi connectivity index (χ3n) is 4.80. The zero-order chi connectivity index (χ0) is 23.0. The lowest BCUT2D eigenvalue weighted by molar-refractivity contribution is -0.140. The highest BCUT2D eigenvalue weighted by atomic mass is 16.6. The number of hydrogen-bond donors (Lipinski definition) is 1. The minimum Gasteiger partial charge on any atom is -0.463 e. The first-order chi connectivity index (χ1) is 13.7. The second-order valence-electron chi connectivity index (χ2n) is 8.70. The number of imide groups is 1. The molecular weight excluding hydrogens is 394 g/mol. The van der Waals surface area contributed by atoms with Crippen LogP contribution in [-0.2, 0) is 23.8 Å². The molecule has 10 heteroatoms. The van der Waals surface area contributed by atoms with Gasteiger partial charge in [0.05, 0.1) is 30.9 Å². The summed E-state index contributed by atoms with van der Waals surface area (Å²) < 4.78 is 16.5. The first-order valence-electron chi connectivity index (χ1n) is 9.86. The van der Waals surface area contributed by atoms with E-state index in [1.54, 1.807) is 48.5 Å². The summed E-state index contributed by atoms with van der Waals surface area (Å²) in [5, 5.41) is 2.53. The summed E-state index contributed by atoms with van der Waals surface area (Å²) in [6.45, 7) is 13.1. The van der Waals surface area contributed by atoms with Gasteiger partial charge < -0.3 is 19.5 Å². The molecule has 2 aliphatic rings. The normalized spacial score (nSPS) is 23.9. The quantitative estimate of drug-likeness (QED) is 0.689. The predicted molar refractivity (Wildman–Crippen MR) is 106 cm³/mol. The van der Waals surface area contributed by atoms with E-state index in [4.69, 9.17) is 14.2 Å². The van der Waals surface area contributed by atoms with Crippen LogP contribution >= 0.6 is 0 Å². The number of carbonyl (C=O) groups excluding carboxylic acids is 4. The van der Waals surface area contributed by atoms with Gasteiger partial charge in [0.25, 0.3) is 0 Å². The van der Waals surface area contributed by atoms with Crippen LogP contribution in [0.1, 0.15) is 55.4 Å². The summed E-state index contributed by atoms with van der Waals surface area (Å²) in [7, 11) is 0. The highest BCUT2D eigenvalue weighted by Gasteiger charge is 2.54. The van der Waals surface area contributed by atoms with Crippen LogP contribution in [-0.4, -0.2) is 70.4 Å². The van der Waals surface area contributed by atoms with Crippen molar-refractivity contribution in [1.29, 1.82) is 0 Å². The monoisotopic (exact) mass is 425 g/mol. The molecule has 0 saturated carbocycles. The van der Waals surface area contributed by atoms with Crippen molar-refractivity contribution in [2.75, 3.05) is 13.2 Å². The smallest absolute Gasteiger partial charge is 0.412 e. The van der Waals surface area contributed by atoms with Crippen molar-refractivity contribution in [2.24, 2.45) is 0 Å². The first-order valence-corrected chi connectivity index (χ1v) is 9.86. The van der Waals surface area contributed by atoms with Crippen molar-refractivity contribution in [3.63, 3.8) is 0 Å². The Bertz CT molecular complexity index is 782. The second kappa shape index (κ2) is 8.25. The molecule has 1 fully saturated rings. The van der Waals surface area contributed by atoms with Gasteiger partial charge in [-0.15, -0.1) is 0 Å². The van der Waals surface area contributed by atoms with Gasteiger partial charge in [-0.25, -0.2) is 14.4 Å². The van der Waals surface area contributed by atoms with E-state index in [0.717, 1.165) is 4.90 Å². The number of hydrogen-bond acceptors (Lipinski definition) is 7. The van der Waals surface area contributed by atoms with Crippen molar-refractivity contribution >= 4 is 24.0 Å². The van der Waals surface area contributed by atoms with Gasteiger partial charge in [-0.2, -0.15) is 0 Å². The van der Waals surface area contributed by atoms with Crippen LogP contribution in [0.4, 0.5) is 9.59 Å². The van der Waals surface area contributed by atoms with E-state index in [-0.39, 0.29) is 24.5 Å². The second-order valence-corrected chi connectivity index (χ2v) is 8.70. The van der Waals surface area contributed by atoms with Crippen molar-refractivity contribution in [2.45, 2.75) is 78.8 Å². The highest BCUT2D eigenvalue weighted by Crippen LogP contribution is 2.36. The van der Waals surface area contributed by atoms with Gasteiger partial charge in [-0.3, -0.25) is 14.6 Å². The maximum Gasteiger partial charge on any atom is 0.412 e. The Labute approximate surface area is 176 Å². The van der Waals surface area contributed by atoms with Gasteiger partial charge in [0.1, 0.15) is 11.3 Å². The summed E-state index contributed by atoms with van der Waals surface area (Å²) in [6.07, 6.45) is -0.676. The van der Waals surface area contributed by atoms with E-state index < -0.39 is 47.4 Å². The number of ether oxygens (including phenoxy) is 3. The van der Waals surface area contributed by atoms with E-state index >= 15 is 0 Å². The van der Waals surface area contributed by atoms with Crippen molar-refractivity contribution in [1.82, 2.24) is 15.1 Å². The lowest BCUT2D eigenvalue weighted by Gasteiger charge is -2.43. The molecule has 0 unspecified atom stereocenters. The molecule has 0 aliphatic carbocycles. The Morgan fingerprint density at radius 3 is 2.37 bits per heavy atom. The van der Waals surface area contributed by atoms with Gasteiger partial charge in [0.2, 0.25) is 5.91 Å². The molecular formula is C20H31N3O7. The molecule has 30 heavy (non-hydrogen) atoms. The molecule has 1 N–H and O–H groups in total. The lowest BCUT2D eigenvalue weighted by Crippen LogP contribution is -2.64. The van der Waals surface area contributed by atoms with Crippen LogP contribution in [0.2, 0.25) is 0 Å². The summed E-state index contributed by atoms with van der Waals surface area (Å²) in [6, 6.07) is -2.63. The largest absolute Gasteiger partial charge is 0.463 e. The minimum atomic E-state index is -1.09. The average Bonchev–Trinajstić information content (AvgIpc) is 2.87. The number of urea groups is 1. The lowest BCUT2D eigenvalue weighted by atomic mass is 9.93. The van der Waals surface area contributed by atoms with Crippen molar-refractivity contribution < 1.29 is 33.4 Å². The minimum absolute atomic E-state index is 0.00977. The average molecular weight is 425 g/mol. The van der Waals surface area contributed by atoms with Crippen LogP contribution in [0.5, 0.6) is 0 Å². The summed E-state index contributed by atoms with van der Waals surface area (Å²) >= 11 is 0. The van der Waals surface area contributed by atoms with E-state index in [2.05, 4.69) is 5.32 Å². The van der Waals surface area contributed by atoms with Crippen LogP contribution in [0.3, 0.4) is 0 Å². The molecule has 0 aromatic heterocycles. The van der Waals surface area contributed by atoms with E-state index in [1.807, 2.05) is 0 Å². The third kappa shape index (κ3) is 4.58. The Kier molecular flexibility index (Phi) is 6.51. The number of allylic oxidation sites excluding steroid dienone is 1. The number of esters is 1. The number of amides is 4. The summed E-state index contributed by atoms with van der Waals surface area (Å²) in [5.41, 5.74) is -1.52. The molecule has 2 rings (SSSR count). The Balaban J connectivity index is 2.61. The predicted octanol–water partition coefficient (Wildman–Crippen LogP) is 2.14. The maximum absolute atomic E-state index is 13.1. The van der Waals surface area contributed by atoms with Gasteiger partial charge in [0.15, 0.2) is 0 Å². The Morgan fingerprint density at radius 2 is 1.87 bits per heavy atom. The molecule has 2 atom stereocenters. The number of rotatable bonds is 3. The SMILES string of the molecule is CCOC(=O)C1=C(C)NC(=O)N(C(C)=O)[C@H]1[C@H]1COC(C)(C)N1C(=O)OC(C)(C)C. The number of nitrogens with zero attached hydrogens (tertiary/aromatic N) is 2. The van der Waals surface area contributed by atoms with Crippen molar-refractivity contribution in [3.8, 4) is 0 Å². The van der Waals surface area contributed by atoms with Gasteiger partial charge >= 0.3 is 18.1 Å². The Hall–Kier alpha value is -2.62. The fourth-order valence-corrected chi connectivity index (χ4v) is 3.68. The maximum atomic E-state index is 13.1. The topological polar surface area (TPSA) is 114 Å². The molecule has 0 radical (unpaired) electrons. The molecule has 1 saturated heterocycles. The zero-order valence-electron chi connectivity index (χ0n) is 18.8. The van der Waals surface area contributed by atoms with Crippen LogP contribution in [0, 0.1) is 0 Å². The van der Waals surface area contributed by atoms with E-state index in [1.165, 1.54) is 11.8 Å². The van der Waals surface area contributed by atoms with Crippen LogP contribution in [0.25, 0.3) is 0 Å². The fourth-order valence-electron chi connectivity index (χ4n) is 3.68. The standard InChI is InChI=1S/C20H31N3O7/c1-9-28-16(25)14-11(2)21-17(26)22(12(3)24)15(14)13-10-29-20(7,8)23(13)18(27)30-19(4,5)6/h13,15H,9-10H2,1-8H3,(H,21,26)/t13-,15+/m1/s1. The van der Waals surface area contributed by atoms with E-state index in [9.17, 15) is 19.2 Å². The number of nitrogens with one attached hydrogen (secondary N) is 1. The molecule has 10 nitrogen and oxygen atoms in total. The van der Waals surface area contributed by atoms with Gasteiger partial charge in [0, 0.05) is 12.6 Å². The number of carbonyl (C=O) groups is 4. The summed E-state index contributed by atoms with van der Waals surface area (Å²) in [4.78, 5) is 53.1. The van der Waals surface area contributed by atoms with Crippen LogP contribution < -0.4 is 5.32 Å². The molecule has 0 bridgehead atoms. The first kappa shape index (κ1) is 23.7. The summed E-state index contributed by atoms with van der Waals surface area (Å²) in [5.74, 6) is -1.26. The fraction of sp³-hybridized carbons (Fsp3) is 0.700. The zero-order valence-corrected chi connectivity index (χ0v) is 18.8. The van der Waals surface area contributed by atoms with Crippen LogP contribution in [0.15, 0.2) is 11.3 Å². The molecule has 2 heterocycles.